The van der Waals surface area contributed by atoms with Crippen LogP contribution < -0.4 is 14.9 Å². The summed E-state index contributed by atoms with van der Waals surface area (Å²) < 4.78 is 15.6. The number of rotatable bonds is 2. The first-order valence-electron chi connectivity index (χ1n) is 6.23. The highest BCUT2D eigenvalue weighted by Gasteiger charge is 2.31. The lowest BCUT2D eigenvalue weighted by molar-refractivity contribution is 0.110. The Labute approximate surface area is 117 Å². The zero-order chi connectivity index (χ0) is 14.8. The van der Waals surface area contributed by atoms with Gasteiger partial charge in [-0.2, -0.15) is 5.10 Å². The van der Waals surface area contributed by atoms with Gasteiger partial charge in [0.1, 0.15) is 17.1 Å². The van der Waals surface area contributed by atoms with Crippen LogP contribution in [0.25, 0.3) is 0 Å². The van der Waals surface area contributed by atoms with Crippen LogP contribution in [0.4, 0.5) is 4.79 Å². The predicted octanol–water partition coefficient (Wildman–Crippen LogP) is 2.32. The maximum Gasteiger partial charge on any atom is 0.427 e. The number of carbonyl (C=O) groups is 1. The molecule has 0 unspecified atom stereocenters. The van der Waals surface area contributed by atoms with Crippen LogP contribution >= 0.6 is 0 Å². The number of carbonyl (C=O) groups excluding carboxylic acids is 1. The molecule has 2 rings (SSSR count). The molecule has 0 aliphatic carbocycles. The van der Waals surface area contributed by atoms with E-state index in [1.807, 2.05) is 32.0 Å². The van der Waals surface area contributed by atoms with Crippen molar-refractivity contribution in [2.45, 2.75) is 25.9 Å². The Morgan fingerprint density at radius 3 is 2.80 bits per heavy atom. The number of benzene rings is 1. The zero-order valence-electron chi connectivity index (χ0n) is 12.0. The molecule has 0 saturated heterocycles. The largest absolute Gasteiger partial charge is 0.497 e. The highest BCUT2D eigenvalue weighted by atomic mass is 16.5. The van der Waals surface area contributed by atoms with Crippen molar-refractivity contribution in [3.63, 3.8) is 0 Å². The topological polar surface area (TPSA) is 69.2 Å². The van der Waals surface area contributed by atoms with Crippen LogP contribution in [0, 0.1) is 0 Å². The third-order valence-corrected chi connectivity index (χ3v) is 2.95. The molecule has 20 heavy (non-hydrogen) atoms. The molecule has 1 heterocycles. The molecule has 1 aliphatic rings. The number of ether oxygens (including phenoxy) is 3. The third kappa shape index (κ3) is 3.01. The number of nitrogens with zero attached hydrogens (tertiary/aromatic N) is 1. The minimum Gasteiger partial charge on any atom is -0.497 e. The molecule has 1 aromatic carbocycles. The van der Waals surface area contributed by atoms with Gasteiger partial charge in [-0.15, -0.1) is 0 Å². The molecule has 0 bridgehead atoms. The molecule has 0 radical (unpaired) electrons. The van der Waals surface area contributed by atoms with Gasteiger partial charge >= 0.3 is 6.09 Å². The Morgan fingerprint density at radius 2 is 2.15 bits per heavy atom. The number of hydrogen-bond acceptors (Lipinski definition) is 5. The van der Waals surface area contributed by atoms with E-state index in [1.165, 1.54) is 7.11 Å². The maximum atomic E-state index is 11.1. The number of amides is 1. The lowest BCUT2D eigenvalue weighted by Gasteiger charge is -2.33. The van der Waals surface area contributed by atoms with Gasteiger partial charge in [0.15, 0.2) is 0 Å². The second-order valence-electron chi connectivity index (χ2n) is 5.06. The summed E-state index contributed by atoms with van der Waals surface area (Å²) in [6.45, 7) is 3.92. The Morgan fingerprint density at radius 1 is 1.40 bits per heavy atom. The summed E-state index contributed by atoms with van der Waals surface area (Å²) >= 11 is 0. The fraction of sp³-hybridized carbons (Fsp3) is 0.429. The van der Waals surface area contributed by atoms with E-state index in [0.29, 0.717) is 17.9 Å². The molecular formula is C14H18N2O4. The molecule has 6 heteroatoms. The average molecular weight is 278 g/mol. The molecule has 1 amide bonds. The average Bonchev–Trinajstić information content (AvgIpc) is 2.42. The van der Waals surface area contributed by atoms with E-state index in [-0.39, 0.29) is 0 Å². The monoisotopic (exact) mass is 278 g/mol. The van der Waals surface area contributed by atoms with Gasteiger partial charge in [0.2, 0.25) is 0 Å². The third-order valence-electron chi connectivity index (χ3n) is 2.95. The first-order chi connectivity index (χ1) is 9.45. The minimum atomic E-state index is -0.600. The Bertz CT molecular complexity index is 552. The highest BCUT2D eigenvalue weighted by Crippen LogP contribution is 2.35. The molecule has 0 aromatic heterocycles. The van der Waals surface area contributed by atoms with Crippen molar-refractivity contribution in [3.05, 3.63) is 23.8 Å². The van der Waals surface area contributed by atoms with Gasteiger partial charge in [0.05, 0.1) is 19.9 Å². The van der Waals surface area contributed by atoms with Crippen molar-refractivity contribution in [2.75, 3.05) is 14.2 Å². The van der Waals surface area contributed by atoms with Crippen LogP contribution in [0.3, 0.4) is 0 Å². The number of hydrogen-bond donors (Lipinski definition) is 1. The van der Waals surface area contributed by atoms with Crippen LogP contribution in [0.1, 0.15) is 25.8 Å². The number of hydrazone groups is 1. The molecule has 108 valence electrons. The molecule has 1 aliphatic heterocycles. The van der Waals surface area contributed by atoms with Crippen LogP contribution in [-0.2, 0) is 4.74 Å². The standard InChI is InChI=1S/C14H18N2O4/c1-14(2)8-11(15-16-13(17)19-4)10-6-5-9(18-3)7-12(10)20-14/h5-7H,8H2,1-4H3,(H,16,17). The van der Waals surface area contributed by atoms with E-state index in [9.17, 15) is 4.79 Å². The Kier molecular flexibility index (Phi) is 3.83. The van der Waals surface area contributed by atoms with E-state index in [4.69, 9.17) is 9.47 Å². The molecule has 1 N–H and O–H groups in total. The minimum absolute atomic E-state index is 0.407. The summed E-state index contributed by atoms with van der Waals surface area (Å²) in [7, 11) is 2.89. The van der Waals surface area contributed by atoms with Gasteiger partial charge in [-0.3, -0.25) is 0 Å². The van der Waals surface area contributed by atoms with E-state index in [2.05, 4.69) is 15.3 Å². The molecular weight excluding hydrogens is 260 g/mol. The summed E-state index contributed by atoms with van der Waals surface area (Å²) in [4.78, 5) is 11.1. The van der Waals surface area contributed by atoms with Gasteiger partial charge in [-0.05, 0) is 26.0 Å². The van der Waals surface area contributed by atoms with Crippen LogP contribution in [0.2, 0.25) is 0 Å². The normalized spacial score (nSPS) is 17.9. The lowest BCUT2D eigenvalue weighted by Crippen LogP contribution is -2.37. The number of fused-ring (bicyclic) bond motifs is 1. The summed E-state index contributed by atoms with van der Waals surface area (Å²) in [5.41, 5.74) is 3.52. The van der Waals surface area contributed by atoms with E-state index >= 15 is 0 Å². The van der Waals surface area contributed by atoms with Crippen LogP contribution in [-0.4, -0.2) is 31.6 Å². The first kappa shape index (κ1) is 14.2. The summed E-state index contributed by atoms with van der Waals surface area (Å²) in [5.74, 6) is 1.40. The molecule has 0 fully saturated rings. The number of methoxy groups -OCH3 is 2. The number of nitrogens with one attached hydrogen (secondary N) is 1. The second kappa shape index (κ2) is 5.40. The van der Waals surface area contributed by atoms with Gasteiger partial charge in [0.25, 0.3) is 0 Å². The molecule has 1 aromatic rings. The smallest absolute Gasteiger partial charge is 0.427 e. The van der Waals surface area contributed by atoms with Gasteiger partial charge in [0, 0.05) is 18.1 Å². The van der Waals surface area contributed by atoms with Crippen molar-refractivity contribution in [2.24, 2.45) is 5.10 Å². The molecule has 6 nitrogen and oxygen atoms in total. The van der Waals surface area contributed by atoms with Crippen molar-refractivity contribution >= 4 is 11.8 Å². The highest BCUT2D eigenvalue weighted by molar-refractivity contribution is 6.04. The van der Waals surface area contributed by atoms with Gasteiger partial charge in [-0.1, -0.05) is 0 Å². The molecule has 0 atom stereocenters. The Balaban J connectivity index is 2.37. The SMILES string of the molecule is COC(=O)NN=C1CC(C)(C)Oc2cc(OC)ccc21. The summed E-state index contributed by atoms with van der Waals surface area (Å²) in [6, 6.07) is 5.50. The van der Waals surface area contributed by atoms with E-state index < -0.39 is 11.7 Å². The van der Waals surface area contributed by atoms with Gasteiger partial charge in [-0.25, -0.2) is 10.2 Å². The molecule has 0 spiro atoms. The van der Waals surface area contributed by atoms with Gasteiger partial charge < -0.3 is 14.2 Å². The molecule has 0 saturated carbocycles. The van der Waals surface area contributed by atoms with Crippen molar-refractivity contribution in [1.82, 2.24) is 5.43 Å². The zero-order valence-corrected chi connectivity index (χ0v) is 12.0. The first-order valence-corrected chi connectivity index (χ1v) is 6.23. The summed E-state index contributed by atoms with van der Waals surface area (Å²) in [6.07, 6.45) is -0.0204. The van der Waals surface area contributed by atoms with Crippen molar-refractivity contribution < 1.29 is 19.0 Å². The van der Waals surface area contributed by atoms with Crippen LogP contribution in [0.15, 0.2) is 23.3 Å². The lowest BCUT2D eigenvalue weighted by atomic mass is 9.92. The van der Waals surface area contributed by atoms with E-state index in [1.54, 1.807) is 7.11 Å². The van der Waals surface area contributed by atoms with Crippen LogP contribution in [0.5, 0.6) is 11.5 Å². The summed E-state index contributed by atoms with van der Waals surface area (Å²) in [5, 5.41) is 4.12. The van der Waals surface area contributed by atoms with Crippen molar-refractivity contribution in [3.8, 4) is 11.5 Å². The predicted molar refractivity (Wildman–Crippen MR) is 74.4 cm³/mol. The Hall–Kier alpha value is -2.24. The fourth-order valence-electron chi connectivity index (χ4n) is 2.04. The maximum absolute atomic E-state index is 11.1. The second-order valence-corrected chi connectivity index (χ2v) is 5.06. The van der Waals surface area contributed by atoms with Crippen molar-refractivity contribution in [1.29, 1.82) is 0 Å². The van der Waals surface area contributed by atoms with E-state index in [0.717, 1.165) is 11.3 Å². The fourth-order valence-corrected chi connectivity index (χ4v) is 2.04. The quantitative estimate of drug-likeness (QED) is 0.843.